The lowest BCUT2D eigenvalue weighted by atomic mass is 10.3. The van der Waals surface area contributed by atoms with Crippen LogP contribution in [0.15, 0.2) is 0 Å². The van der Waals surface area contributed by atoms with Crippen molar-refractivity contribution < 1.29 is 4.74 Å². The molecular weight excluding hydrogens is 549 g/mol. The zero-order valence-electron chi connectivity index (χ0n) is 23.2. The van der Waals surface area contributed by atoms with Crippen molar-refractivity contribution in [2.75, 3.05) is 26.2 Å². The van der Waals surface area contributed by atoms with Crippen LogP contribution in [0, 0.1) is 0 Å². The number of hydrogen-bond donors (Lipinski definition) is 0. The average molecular weight is 601 g/mol. The molecule has 0 fully saturated rings. The molecular formula is C26H52N2OS6. The van der Waals surface area contributed by atoms with Gasteiger partial charge < -0.3 is 14.5 Å². The molecule has 0 rings (SSSR count). The summed E-state index contributed by atoms with van der Waals surface area (Å²) in [4.78, 5) is 4.80. The molecule has 0 radical (unpaired) electrons. The molecule has 0 aromatic heterocycles. The van der Waals surface area contributed by atoms with Crippen LogP contribution in [0.4, 0.5) is 0 Å². The van der Waals surface area contributed by atoms with Gasteiger partial charge >= 0.3 is 0 Å². The van der Waals surface area contributed by atoms with E-state index in [0.29, 0.717) is 0 Å². The second-order valence-electron chi connectivity index (χ2n) is 8.85. The molecule has 0 aliphatic carbocycles. The summed E-state index contributed by atoms with van der Waals surface area (Å²) in [6.45, 7) is 17.7. The van der Waals surface area contributed by atoms with E-state index in [2.05, 4.69) is 51.3 Å². The van der Waals surface area contributed by atoms with Crippen LogP contribution in [0.2, 0.25) is 0 Å². The van der Waals surface area contributed by atoms with Crippen LogP contribution in [0.5, 0.6) is 0 Å². The molecule has 0 aromatic carbocycles. The molecule has 9 heteroatoms. The molecule has 2 unspecified atom stereocenters. The topological polar surface area (TPSA) is 15.7 Å². The molecule has 35 heavy (non-hydrogen) atoms. The normalized spacial score (nSPS) is 13.0. The number of thiocarbonyl (C=S) groups is 2. The zero-order chi connectivity index (χ0) is 26.3. The highest BCUT2D eigenvalue weighted by molar-refractivity contribution is 8.84. The van der Waals surface area contributed by atoms with E-state index >= 15 is 0 Å². The number of ether oxygens (including phenoxy) is 1. The van der Waals surface area contributed by atoms with E-state index in [1.807, 2.05) is 21.6 Å². The third kappa shape index (κ3) is 18.9. The third-order valence-corrected chi connectivity index (χ3v) is 12.0. The Morgan fingerprint density at radius 2 is 0.886 bits per heavy atom. The van der Waals surface area contributed by atoms with Crippen LogP contribution in [-0.2, 0) is 4.74 Å². The van der Waals surface area contributed by atoms with Gasteiger partial charge in [-0.25, -0.2) is 0 Å². The van der Waals surface area contributed by atoms with E-state index in [9.17, 15) is 0 Å². The van der Waals surface area contributed by atoms with E-state index in [1.165, 1.54) is 51.4 Å². The molecule has 3 nitrogen and oxygen atoms in total. The fourth-order valence-electron chi connectivity index (χ4n) is 3.20. The second-order valence-corrected chi connectivity index (χ2v) is 14.8. The van der Waals surface area contributed by atoms with Gasteiger partial charge in [0, 0.05) is 26.2 Å². The summed E-state index contributed by atoms with van der Waals surface area (Å²) in [5.41, 5.74) is 0.299. The van der Waals surface area contributed by atoms with E-state index in [-0.39, 0.29) is 10.9 Å². The molecule has 208 valence electrons. The predicted octanol–water partition coefficient (Wildman–Crippen LogP) is 10.4. The van der Waals surface area contributed by atoms with Crippen molar-refractivity contribution in [3.05, 3.63) is 0 Å². The highest BCUT2D eigenvalue weighted by atomic mass is 33.1. The summed E-state index contributed by atoms with van der Waals surface area (Å²) in [5, 5.41) is 0. The first-order valence-electron chi connectivity index (χ1n) is 13.9. The smallest absolute Gasteiger partial charge is 0.147 e. The van der Waals surface area contributed by atoms with Gasteiger partial charge in [0.15, 0.2) is 0 Å². The fraction of sp³-hybridized carbons (Fsp3) is 0.923. The van der Waals surface area contributed by atoms with Gasteiger partial charge in [-0.05, 0) is 60.1 Å². The van der Waals surface area contributed by atoms with Crippen molar-refractivity contribution in [2.24, 2.45) is 0 Å². The summed E-state index contributed by atoms with van der Waals surface area (Å²) >= 11 is 11.7. The zero-order valence-corrected chi connectivity index (χ0v) is 28.1. The number of rotatable bonds is 22. The van der Waals surface area contributed by atoms with Gasteiger partial charge in [-0.1, -0.05) is 126 Å². The molecule has 0 saturated heterocycles. The largest absolute Gasteiger partial charge is 0.357 e. The quantitative estimate of drug-likeness (QED) is 0.0679. The van der Waals surface area contributed by atoms with Crippen molar-refractivity contribution >= 4 is 76.3 Å². The second kappa shape index (κ2) is 25.4. The molecule has 0 amide bonds. The van der Waals surface area contributed by atoms with Gasteiger partial charge in [0.2, 0.25) is 0 Å². The lowest BCUT2D eigenvalue weighted by molar-refractivity contribution is 0.0826. The molecule has 0 spiro atoms. The van der Waals surface area contributed by atoms with Gasteiger partial charge in [0.05, 0.1) is 0 Å². The average Bonchev–Trinajstić information content (AvgIpc) is 2.85. The minimum atomic E-state index is 0.150. The molecule has 0 aliphatic rings. The maximum absolute atomic E-state index is 6.64. The van der Waals surface area contributed by atoms with Crippen molar-refractivity contribution in [3.63, 3.8) is 0 Å². The van der Waals surface area contributed by atoms with E-state index in [1.54, 1.807) is 21.6 Å². The van der Waals surface area contributed by atoms with Crippen molar-refractivity contribution in [2.45, 2.75) is 129 Å². The number of nitrogens with zero attached hydrogens (tertiary/aromatic N) is 2. The first-order chi connectivity index (χ1) is 17.0. The van der Waals surface area contributed by atoms with Crippen molar-refractivity contribution in [1.29, 1.82) is 0 Å². The minimum absolute atomic E-state index is 0.150. The van der Waals surface area contributed by atoms with Crippen molar-refractivity contribution in [3.8, 4) is 0 Å². The van der Waals surface area contributed by atoms with Gasteiger partial charge in [0.1, 0.15) is 19.5 Å². The molecule has 0 heterocycles. The Labute approximate surface area is 245 Å². The summed E-state index contributed by atoms with van der Waals surface area (Å²) in [6, 6.07) is 0. The summed E-state index contributed by atoms with van der Waals surface area (Å²) in [7, 11) is 7.10. The standard InChI is InChI=1S/C26H52N2OS6/c1-7-13-19-27(20-14-8-2)25(30)34-32-23(17-11-5)29-24(18-12-6)33-35-26(31)28(21-15-9-3)22-16-10-4/h23-24H,7-22H2,1-6H3. The summed E-state index contributed by atoms with van der Waals surface area (Å²) < 4.78 is 8.67. The van der Waals surface area contributed by atoms with Crippen molar-refractivity contribution in [1.82, 2.24) is 9.80 Å². The van der Waals surface area contributed by atoms with Crippen LogP contribution in [-0.4, -0.2) is 55.5 Å². The van der Waals surface area contributed by atoms with Crippen LogP contribution >= 0.6 is 67.6 Å². The molecule has 0 aliphatic heterocycles. The highest BCUT2D eigenvalue weighted by Gasteiger charge is 2.21. The van der Waals surface area contributed by atoms with Crippen LogP contribution in [0.1, 0.15) is 119 Å². The van der Waals surface area contributed by atoms with Gasteiger partial charge in [-0.3, -0.25) is 0 Å². The van der Waals surface area contributed by atoms with E-state index in [0.717, 1.165) is 60.5 Å². The van der Waals surface area contributed by atoms with Gasteiger partial charge in [0.25, 0.3) is 0 Å². The van der Waals surface area contributed by atoms with Crippen LogP contribution in [0.25, 0.3) is 0 Å². The minimum Gasteiger partial charge on any atom is -0.357 e. The highest BCUT2D eigenvalue weighted by Crippen LogP contribution is 2.39. The number of unbranched alkanes of at least 4 members (excludes halogenated alkanes) is 4. The lowest BCUT2D eigenvalue weighted by Gasteiger charge is -2.28. The Balaban J connectivity index is 4.93. The summed E-state index contributed by atoms with van der Waals surface area (Å²) in [6.07, 6.45) is 13.9. The molecule has 0 bridgehead atoms. The van der Waals surface area contributed by atoms with E-state index < -0.39 is 0 Å². The Kier molecular flexibility index (Phi) is 26.2. The lowest BCUT2D eigenvalue weighted by Crippen LogP contribution is -2.29. The number of hydrogen-bond acceptors (Lipinski definition) is 7. The summed E-state index contributed by atoms with van der Waals surface area (Å²) in [5.74, 6) is 0. The Bertz CT molecular complexity index is 466. The SMILES string of the molecule is CCCCN(CCCC)C(=S)SSC(CCC)OC(CCC)SSC(=S)N(CCCC)CCCC. The monoisotopic (exact) mass is 600 g/mol. The van der Waals surface area contributed by atoms with Crippen LogP contribution in [0.3, 0.4) is 0 Å². The maximum atomic E-state index is 6.64. The first kappa shape index (κ1) is 36.1. The third-order valence-electron chi connectivity index (χ3n) is 5.45. The Hall–Kier alpha value is 1.14. The van der Waals surface area contributed by atoms with E-state index in [4.69, 9.17) is 29.2 Å². The molecule has 2 atom stereocenters. The maximum Gasteiger partial charge on any atom is 0.147 e. The first-order valence-corrected chi connectivity index (χ1v) is 19.1. The van der Waals surface area contributed by atoms with Crippen LogP contribution < -0.4 is 0 Å². The molecule has 0 aromatic rings. The van der Waals surface area contributed by atoms with Gasteiger partial charge in [-0.15, -0.1) is 0 Å². The van der Waals surface area contributed by atoms with Gasteiger partial charge in [-0.2, -0.15) is 0 Å². The fourth-order valence-corrected chi connectivity index (χ4v) is 8.94. The Morgan fingerprint density at radius 3 is 1.14 bits per heavy atom. The molecule has 0 saturated carbocycles. The predicted molar refractivity (Wildman–Crippen MR) is 177 cm³/mol. The molecule has 0 N–H and O–H groups in total. The Morgan fingerprint density at radius 1 is 0.571 bits per heavy atom.